The topological polar surface area (TPSA) is 41.5 Å². The Morgan fingerprint density at radius 1 is 1.31 bits per heavy atom. The summed E-state index contributed by atoms with van der Waals surface area (Å²) in [6.45, 7) is 3.74. The van der Waals surface area contributed by atoms with E-state index < -0.39 is 4.75 Å². The van der Waals surface area contributed by atoms with Crippen molar-refractivity contribution in [3.8, 4) is 0 Å². The molecule has 1 saturated heterocycles. The van der Waals surface area contributed by atoms with Gasteiger partial charge in [-0.15, -0.1) is 0 Å². The van der Waals surface area contributed by atoms with Crippen LogP contribution in [0.15, 0.2) is 29.3 Å². The van der Waals surface area contributed by atoms with Crippen molar-refractivity contribution in [1.82, 2.24) is 5.32 Å². The summed E-state index contributed by atoms with van der Waals surface area (Å²) in [6, 6.07) is 7.17. The molecule has 2 rings (SSSR count). The van der Waals surface area contributed by atoms with Gasteiger partial charge < -0.3 is 5.32 Å². The van der Waals surface area contributed by atoms with Gasteiger partial charge in [-0.3, -0.25) is 4.79 Å². The third-order valence-corrected chi connectivity index (χ3v) is 3.51. The van der Waals surface area contributed by atoms with Crippen LogP contribution < -0.4 is 5.32 Å². The van der Waals surface area contributed by atoms with E-state index in [1.165, 1.54) is 11.8 Å². The number of halogens is 1. The molecule has 5 heteroatoms. The predicted octanol–water partition coefficient (Wildman–Crippen LogP) is 2.97. The lowest BCUT2D eigenvalue weighted by molar-refractivity contribution is -0.120. The molecule has 0 saturated carbocycles. The number of hydrogen-bond donors (Lipinski definition) is 1. The van der Waals surface area contributed by atoms with Crippen LogP contribution >= 0.6 is 23.4 Å². The Kier molecular flexibility index (Phi) is 2.95. The van der Waals surface area contributed by atoms with Crippen LogP contribution in [0, 0.1) is 0 Å². The van der Waals surface area contributed by atoms with Gasteiger partial charge in [-0.1, -0.05) is 23.4 Å². The number of amides is 1. The van der Waals surface area contributed by atoms with Crippen molar-refractivity contribution in [3.63, 3.8) is 0 Å². The van der Waals surface area contributed by atoms with Crippen LogP contribution in [0.4, 0.5) is 5.69 Å². The highest BCUT2D eigenvalue weighted by atomic mass is 35.5. The second-order valence-electron chi connectivity index (χ2n) is 3.96. The maximum absolute atomic E-state index is 11.5. The van der Waals surface area contributed by atoms with Crippen LogP contribution in [-0.2, 0) is 4.79 Å². The van der Waals surface area contributed by atoms with Crippen molar-refractivity contribution in [2.45, 2.75) is 18.6 Å². The molecule has 0 spiro atoms. The molecule has 0 radical (unpaired) electrons. The zero-order valence-corrected chi connectivity index (χ0v) is 10.5. The summed E-state index contributed by atoms with van der Waals surface area (Å²) in [5.74, 6) is -0.00906. The average Bonchev–Trinajstić information content (AvgIpc) is 2.44. The summed E-state index contributed by atoms with van der Waals surface area (Å²) in [5, 5.41) is 4.06. The fourth-order valence-corrected chi connectivity index (χ4v) is 2.29. The zero-order chi connectivity index (χ0) is 11.8. The maximum Gasteiger partial charge on any atom is 0.242 e. The quantitative estimate of drug-likeness (QED) is 0.837. The standard InChI is InChI=1S/C11H11ClN2OS/c1-11(2)9(15)14-10(16-11)13-8-5-3-7(12)4-6-8/h3-6H,1-2H3,(H,13,14,15). The van der Waals surface area contributed by atoms with E-state index in [4.69, 9.17) is 11.6 Å². The molecule has 0 aromatic heterocycles. The lowest BCUT2D eigenvalue weighted by atomic mass is 10.2. The van der Waals surface area contributed by atoms with Crippen molar-refractivity contribution >= 4 is 40.1 Å². The number of amidine groups is 1. The van der Waals surface area contributed by atoms with E-state index in [1.54, 1.807) is 12.1 Å². The van der Waals surface area contributed by atoms with E-state index in [-0.39, 0.29) is 5.91 Å². The maximum atomic E-state index is 11.5. The van der Waals surface area contributed by atoms with Gasteiger partial charge in [0, 0.05) is 5.02 Å². The van der Waals surface area contributed by atoms with Crippen LogP contribution in [0.1, 0.15) is 13.8 Å². The molecular formula is C11H11ClN2OS. The van der Waals surface area contributed by atoms with Gasteiger partial charge in [0.1, 0.15) is 0 Å². The highest BCUT2D eigenvalue weighted by Gasteiger charge is 2.37. The number of thioether (sulfide) groups is 1. The summed E-state index contributed by atoms with van der Waals surface area (Å²) in [7, 11) is 0. The summed E-state index contributed by atoms with van der Waals surface area (Å²) in [4.78, 5) is 15.9. The van der Waals surface area contributed by atoms with Crippen molar-refractivity contribution in [2.75, 3.05) is 0 Å². The molecule has 84 valence electrons. The second kappa shape index (κ2) is 4.11. The molecule has 0 atom stereocenters. The number of nitrogens with one attached hydrogen (secondary N) is 1. The van der Waals surface area contributed by atoms with Gasteiger partial charge in [0.05, 0.1) is 10.4 Å². The number of aliphatic imine (C=N–C) groups is 1. The summed E-state index contributed by atoms with van der Waals surface area (Å²) >= 11 is 7.20. The number of nitrogens with zero attached hydrogens (tertiary/aromatic N) is 1. The first-order valence-electron chi connectivity index (χ1n) is 4.82. The second-order valence-corrected chi connectivity index (χ2v) is 6.01. The normalized spacial score (nSPS) is 21.2. The molecule has 1 fully saturated rings. The number of carbonyl (C=O) groups excluding carboxylic acids is 1. The fourth-order valence-electron chi connectivity index (χ4n) is 1.24. The average molecular weight is 255 g/mol. The number of hydrogen-bond acceptors (Lipinski definition) is 3. The Morgan fingerprint density at radius 3 is 2.44 bits per heavy atom. The molecule has 1 aliphatic rings. The fraction of sp³-hybridized carbons (Fsp3) is 0.273. The minimum absolute atomic E-state index is 0.00906. The van der Waals surface area contributed by atoms with E-state index in [0.717, 1.165) is 5.69 Å². The summed E-state index contributed by atoms with van der Waals surface area (Å²) in [5.41, 5.74) is 0.782. The van der Waals surface area contributed by atoms with E-state index in [0.29, 0.717) is 10.2 Å². The van der Waals surface area contributed by atoms with Gasteiger partial charge in [-0.05, 0) is 38.1 Å². The molecule has 3 nitrogen and oxygen atoms in total. The first kappa shape index (κ1) is 11.5. The molecule has 1 aromatic carbocycles. The molecule has 0 unspecified atom stereocenters. The molecule has 16 heavy (non-hydrogen) atoms. The molecule has 1 amide bonds. The molecule has 1 heterocycles. The Bertz CT molecular complexity index is 454. The Labute approximate surface area is 103 Å². The zero-order valence-electron chi connectivity index (χ0n) is 8.95. The van der Waals surface area contributed by atoms with Gasteiger partial charge in [-0.2, -0.15) is 0 Å². The van der Waals surface area contributed by atoms with Crippen molar-refractivity contribution < 1.29 is 4.79 Å². The molecule has 1 aliphatic heterocycles. The lowest BCUT2D eigenvalue weighted by Crippen LogP contribution is -2.30. The van der Waals surface area contributed by atoms with Crippen LogP contribution in [-0.4, -0.2) is 15.8 Å². The molecular weight excluding hydrogens is 244 g/mol. The highest BCUT2D eigenvalue weighted by Crippen LogP contribution is 2.32. The number of rotatable bonds is 1. The Balaban J connectivity index is 2.21. The third kappa shape index (κ3) is 2.39. The first-order valence-corrected chi connectivity index (χ1v) is 6.01. The van der Waals surface area contributed by atoms with Gasteiger partial charge in [-0.25, -0.2) is 4.99 Å². The van der Waals surface area contributed by atoms with E-state index >= 15 is 0 Å². The predicted molar refractivity (Wildman–Crippen MR) is 68.4 cm³/mol. The summed E-state index contributed by atoms with van der Waals surface area (Å²) < 4.78 is -0.439. The molecule has 1 N–H and O–H groups in total. The number of carbonyl (C=O) groups is 1. The minimum Gasteiger partial charge on any atom is -0.304 e. The van der Waals surface area contributed by atoms with Gasteiger partial charge >= 0.3 is 0 Å². The summed E-state index contributed by atoms with van der Waals surface area (Å²) in [6.07, 6.45) is 0. The first-order chi connectivity index (χ1) is 7.47. The third-order valence-electron chi connectivity index (χ3n) is 2.18. The van der Waals surface area contributed by atoms with Crippen LogP contribution in [0.3, 0.4) is 0 Å². The number of benzene rings is 1. The SMILES string of the molecule is CC1(C)SC(=Nc2ccc(Cl)cc2)NC1=O. The van der Waals surface area contributed by atoms with Crippen LogP contribution in [0.25, 0.3) is 0 Å². The van der Waals surface area contributed by atoms with Gasteiger partial charge in [0.15, 0.2) is 5.17 Å². The largest absolute Gasteiger partial charge is 0.304 e. The molecule has 1 aromatic rings. The van der Waals surface area contributed by atoms with Crippen LogP contribution in [0.5, 0.6) is 0 Å². The van der Waals surface area contributed by atoms with E-state index in [9.17, 15) is 4.79 Å². The van der Waals surface area contributed by atoms with E-state index in [2.05, 4.69) is 10.3 Å². The van der Waals surface area contributed by atoms with Crippen molar-refractivity contribution in [3.05, 3.63) is 29.3 Å². The molecule has 0 aliphatic carbocycles. The highest BCUT2D eigenvalue weighted by molar-refractivity contribution is 8.16. The smallest absolute Gasteiger partial charge is 0.242 e. The van der Waals surface area contributed by atoms with Gasteiger partial charge in [0.25, 0.3) is 0 Å². The monoisotopic (exact) mass is 254 g/mol. The minimum atomic E-state index is -0.439. The van der Waals surface area contributed by atoms with Crippen molar-refractivity contribution in [1.29, 1.82) is 0 Å². The van der Waals surface area contributed by atoms with Crippen molar-refractivity contribution in [2.24, 2.45) is 4.99 Å². The van der Waals surface area contributed by atoms with Crippen LogP contribution in [0.2, 0.25) is 5.02 Å². The van der Waals surface area contributed by atoms with E-state index in [1.807, 2.05) is 26.0 Å². The molecule has 0 bridgehead atoms. The lowest BCUT2D eigenvalue weighted by Gasteiger charge is -2.08. The van der Waals surface area contributed by atoms with Gasteiger partial charge in [0.2, 0.25) is 5.91 Å². The Morgan fingerprint density at radius 2 is 1.94 bits per heavy atom. The Hall–Kier alpha value is -1.00.